The zero-order valence-corrected chi connectivity index (χ0v) is 14.1. The Labute approximate surface area is 146 Å². The van der Waals surface area contributed by atoms with Crippen LogP contribution in [-0.4, -0.2) is 24.4 Å². The van der Waals surface area contributed by atoms with Gasteiger partial charge in [-0.25, -0.2) is 0 Å². The Kier molecular flexibility index (Phi) is 3.71. The van der Waals surface area contributed by atoms with Crippen LogP contribution in [-0.2, 0) is 10.2 Å². The van der Waals surface area contributed by atoms with Crippen LogP contribution in [0.2, 0.25) is 0 Å². The predicted octanol–water partition coefficient (Wildman–Crippen LogP) is 2.90. The van der Waals surface area contributed by atoms with E-state index in [1.165, 1.54) is 5.56 Å². The maximum absolute atomic E-state index is 12.7. The van der Waals surface area contributed by atoms with Crippen LogP contribution < -0.4 is 16.0 Å². The molecular weight excluding hydrogens is 314 g/mol. The minimum Gasteiger partial charge on any atom is -0.372 e. The van der Waals surface area contributed by atoms with Crippen LogP contribution in [0.1, 0.15) is 35.7 Å². The van der Waals surface area contributed by atoms with Crippen LogP contribution in [0.4, 0.5) is 11.4 Å². The van der Waals surface area contributed by atoms with Gasteiger partial charge in [0.2, 0.25) is 5.91 Å². The van der Waals surface area contributed by atoms with Crippen molar-refractivity contribution < 1.29 is 9.59 Å². The molecule has 2 aliphatic rings. The number of benzene rings is 2. The van der Waals surface area contributed by atoms with Crippen molar-refractivity contribution in [2.45, 2.75) is 31.2 Å². The minimum absolute atomic E-state index is 0.0701. The Morgan fingerprint density at radius 2 is 1.92 bits per heavy atom. The number of carbonyl (C=O) groups is 2. The summed E-state index contributed by atoms with van der Waals surface area (Å²) in [6, 6.07) is 15.4. The average molecular weight is 335 g/mol. The van der Waals surface area contributed by atoms with Gasteiger partial charge in [0.05, 0.1) is 16.9 Å². The molecule has 2 aromatic rings. The third-order valence-corrected chi connectivity index (χ3v) is 5.15. The quantitative estimate of drug-likeness (QED) is 0.804. The first-order chi connectivity index (χ1) is 12.1. The van der Waals surface area contributed by atoms with Crippen LogP contribution in [0.3, 0.4) is 0 Å². The Bertz CT molecular complexity index is 828. The summed E-state index contributed by atoms with van der Waals surface area (Å²) in [5.74, 6) is -0.207. The topological polar surface area (TPSA) is 70.2 Å². The van der Waals surface area contributed by atoms with Gasteiger partial charge in [-0.1, -0.05) is 36.4 Å². The van der Waals surface area contributed by atoms with E-state index in [9.17, 15) is 9.59 Å². The summed E-state index contributed by atoms with van der Waals surface area (Å²) in [5.41, 5.74) is 3.26. The fraction of sp³-hybridized carbons (Fsp3) is 0.300. The monoisotopic (exact) mass is 335 g/mol. The minimum atomic E-state index is -0.361. The van der Waals surface area contributed by atoms with E-state index in [-0.39, 0.29) is 23.3 Å². The number of nitrogens with one attached hydrogen (secondary N) is 3. The third kappa shape index (κ3) is 2.86. The summed E-state index contributed by atoms with van der Waals surface area (Å²) in [5, 5.41) is 9.05. The molecule has 1 fully saturated rings. The van der Waals surface area contributed by atoms with Crippen molar-refractivity contribution in [1.82, 2.24) is 5.32 Å². The molecule has 1 saturated carbocycles. The van der Waals surface area contributed by atoms with Crippen molar-refractivity contribution >= 4 is 23.2 Å². The molecule has 5 nitrogen and oxygen atoms in total. The Hall–Kier alpha value is -2.82. The molecule has 0 radical (unpaired) electrons. The predicted molar refractivity (Wildman–Crippen MR) is 97.8 cm³/mol. The standard InChI is InChI=1S/C20H21N3O2/c1-13-18(24)23-16-9-5-8-15(17(16)22-13)19(25)21-12-20(10-11-20)14-6-3-2-4-7-14/h2-9,13,22H,10-12H2,1H3,(H,21,25)(H,23,24). The molecule has 2 aromatic carbocycles. The SMILES string of the molecule is CC1Nc2c(cccc2C(=O)NCC2(c3ccccc3)CC2)NC1=O. The molecule has 3 N–H and O–H groups in total. The van der Waals surface area contributed by atoms with Gasteiger partial charge in [0.15, 0.2) is 0 Å². The molecule has 0 aromatic heterocycles. The lowest BCUT2D eigenvalue weighted by atomic mass is 9.96. The number of para-hydroxylation sites is 1. The molecule has 1 aliphatic heterocycles. The van der Waals surface area contributed by atoms with E-state index >= 15 is 0 Å². The van der Waals surface area contributed by atoms with Crippen molar-refractivity contribution in [3.8, 4) is 0 Å². The van der Waals surface area contributed by atoms with Gasteiger partial charge in [-0.05, 0) is 37.5 Å². The molecule has 4 rings (SSSR count). The maximum Gasteiger partial charge on any atom is 0.253 e. The Morgan fingerprint density at radius 3 is 2.64 bits per heavy atom. The van der Waals surface area contributed by atoms with Crippen molar-refractivity contribution in [3.05, 3.63) is 59.7 Å². The molecule has 1 heterocycles. The highest BCUT2D eigenvalue weighted by Crippen LogP contribution is 2.47. The highest BCUT2D eigenvalue weighted by Gasteiger charge is 2.44. The van der Waals surface area contributed by atoms with E-state index in [1.807, 2.05) is 18.2 Å². The molecule has 0 saturated heterocycles. The van der Waals surface area contributed by atoms with E-state index in [4.69, 9.17) is 0 Å². The maximum atomic E-state index is 12.7. The molecule has 2 amide bonds. The number of fused-ring (bicyclic) bond motifs is 1. The van der Waals surface area contributed by atoms with Gasteiger partial charge >= 0.3 is 0 Å². The summed E-state index contributed by atoms with van der Waals surface area (Å²) in [6.07, 6.45) is 2.19. The van der Waals surface area contributed by atoms with E-state index < -0.39 is 0 Å². The molecule has 0 bridgehead atoms. The van der Waals surface area contributed by atoms with Crippen molar-refractivity contribution in [1.29, 1.82) is 0 Å². The van der Waals surface area contributed by atoms with Crippen LogP contribution >= 0.6 is 0 Å². The second-order valence-electron chi connectivity index (χ2n) is 6.91. The molecule has 0 spiro atoms. The highest BCUT2D eigenvalue weighted by atomic mass is 16.2. The fourth-order valence-electron chi connectivity index (χ4n) is 3.38. The summed E-state index contributed by atoms with van der Waals surface area (Å²) >= 11 is 0. The first-order valence-electron chi connectivity index (χ1n) is 8.63. The van der Waals surface area contributed by atoms with Crippen molar-refractivity contribution in [3.63, 3.8) is 0 Å². The number of hydrogen-bond donors (Lipinski definition) is 3. The zero-order valence-electron chi connectivity index (χ0n) is 14.1. The van der Waals surface area contributed by atoms with Crippen LogP contribution in [0.25, 0.3) is 0 Å². The van der Waals surface area contributed by atoms with Crippen LogP contribution in [0.5, 0.6) is 0 Å². The fourth-order valence-corrected chi connectivity index (χ4v) is 3.38. The molecular formula is C20H21N3O2. The van der Waals surface area contributed by atoms with Gasteiger partial charge < -0.3 is 16.0 Å². The highest BCUT2D eigenvalue weighted by molar-refractivity contribution is 6.09. The van der Waals surface area contributed by atoms with Gasteiger partial charge in [0, 0.05) is 12.0 Å². The lowest BCUT2D eigenvalue weighted by molar-refractivity contribution is -0.116. The summed E-state index contributed by atoms with van der Waals surface area (Å²) in [6.45, 7) is 2.41. The smallest absolute Gasteiger partial charge is 0.253 e. The lowest BCUT2D eigenvalue weighted by Crippen LogP contribution is -2.38. The number of anilines is 2. The molecule has 25 heavy (non-hydrogen) atoms. The van der Waals surface area contributed by atoms with E-state index in [0.717, 1.165) is 12.8 Å². The molecule has 5 heteroatoms. The normalized spacial score (nSPS) is 20.0. The molecule has 1 atom stereocenters. The summed E-state index contributed by atoms with van der Waals surface area (Å²) in [4.78, 5) is 24.5. The summed E-state index contributed by atoms with van der Waals surface area (Å²) < 4.78 is 0. The second kappa shape index (κ2) is 5.92. The second-order valence-corrected chi connectivity index (χ2v) is 6.91. The number of rotatable bonds is 4. The van der Waals surface area contributed by atoms with E-state index in [0.29, 0.717) is 23.5 Å². The van der Waals surface area contributed by atoms with Gasteiger partial charge in [-0.3, -0.25) is 9.59 Å². The first-order valence-corrected chi connectivity index (χ1v) is 8.63. The van der Waals surface area contributed by atoms with Gasteiger partial charge in [-0.2, -0.15) is 0 Å². The third-order valence-electron chi connectivity index (χ3n) is 5.15. The van der Waals surface area contributed by atoms with E-state index in [1.54, 1.807) is 25.1 Å². The average Bonchev–Trinajstić information content (AvgIpc) is 3.42. The lowest BCUT2D eigenvalue weighted by Gasteiger charge is -2.26. The van der Waals surface area contributed by atoms with Gasteiger partial charge in [-0.15, -0.1) is 0 Å². The Morgan fingerprint density at radius 1 is 1.16 bits per heavy atom. The van der Waals surface area contributed by atoms with Crippen LogP contribution in [0, 0.1) is 0 Å². The van der Waals surface area contributed by atoms with Crippen molar-refractivity contribution in [2.24, 2.45) is 0 Å². The summed E-state index contributed by atoms with van der Waals surface area (Å²) in [7, 11) is 0. The Balaban J connectivity index is 1.51. The molecule has 128 valence electrons. The number of amides is 2. The zero-order chi connectivity index (χ0) is 17.4. The van der Waals surface area contributed by atoms with Gasteiger partial charge in [0.1, 0.15) is 6.04 Å². The van der Waals surface area contributed by atoms with E-state index in [2.05, 4.69) is 28.1 Å². The number of carbonyl (C=O) groups excluding carboxylic acids is 2. The number of hydrogen-bond acceptors (Lipinski definition) is 3. The largest absolute Gasteiger partial charge is 0.372 e. The van der Waals surface area contributed by atoms with Gasteiger partial charge in [0.25, 0.3) is 5.91 Å². The van der Waals surface area contributed by atoms with Crippen LogP contribution in [0.15, 0.2) is 48.5 Å². The first kappa shape index (κ1) is 15.7. The molecule has 1 aliphatic carbocycles. The van der Waals surface area contributed by atoms with Crippen molar-refractivity contribution in [2.75, 3.05) is 17.2 Å². The molecule has 1 unspecified atom stereocenters.